The molecule has 2 aromatic rings. The summed E-state index contributed by atoms with van der Waals surface area (Å²) in [4.78, 5) is 4.16. The smallest absolute Gasteiger partial charge is 0.131 e. The van der Waals surface area contributed by atoms with E-state index < -0.39 is 0 Å². The summed E-state index contributed by atoms with van der Waals surface area (Å²) in [6, 6.07) is 15.9. The molecule has 1 aromatic heterocycles. The van der Waals surface area contributed by atoms with Crippen molar-refractivity contribution in [2.75, 3.05) is 11.9 Å². The number of rotatable bonds is 4. The van der Waals surface area contributed by atoms with Gasteiger partial charge in [0.2, 0.25) is 0 Å². The molecule has 0 aliphatic carbocycles. The number of pyridine rings is 1. The van der Waals surface area contributed by atoms with E-state index in [1.54, 1.807) is 6.07 Å². The molecule has 0 amide bonds. The molecule has 0 aliphatic rings. The average molecular weight is 233 g/mol. The van der Waals surface area contributed by atoms with Gasteiger partial charge in [-0.2, -0.15) is 0 Å². The van der Waals surface area contributed by atoms with Gasteiger partial charge in [-0.1, -0.05) is 48.0 Å². The van der Waals surface area contributed by atoms with Gasteiger partial charge in [0.05, 0.1) is 0 Å². The Balaban J connectivity index is 1.85. The van der Waals surface area contributed by atoms with Crippen LogP contribution in [0.1, 0.15) is 5.56 Å². The predicted molar refractivity (Wildman–Crippen MR) is 67.9 cm³/mol. The maximum atomic E-state index is 5.79. The van der Waals surface area contributed by atoms with E-state index >= 15 is 0 Å². The molecule has 0 unspecified atom stereocenters. The Morgan fingerprint density at radius 2 is 1.81 bits per heavy atom. The Morgan fingerprint density at radius 3 is 2.56 bits per heavy atom. The summed E-state index contributed by atoms with van der Waals surface area (Å²) in [5.74, 6) is 0.823. The molecule has 3 heteroatoms. The molecule has 1 heterocycles. The summed E-state index contributed by atoms with van der Waals surface area (Å²) < 4.78 is 0. The van der Waals surface area contributed by atoms with E-state index in [1.165, 1.54) is 5.56 Å². The third-order valence-corrected chi connectivity index (χ3v) is 2.49. The van der Waals surface area contributed by atoms with E-state index in [2.05, 4.69) is 22.4 Å². The van der Waals surface area contributed by atoms with E-state index in [-0.39, 0.29) is 0 Å². The van der Waals surface area contributed by atoms with Crippen molar-refractivity contribution in [3.05, 3.63) is 59.2 Å². The summed E-state index contributed by atoms with van der Waals surface area (Å²) in [6.07, 6.45) is 0.981. The molecule has 0 bridgehead atoms. The van der Waals surface area contributed by atoms with Gasteiger partial charge in [-0.25, -0.2) is 4.98 Å². The number of anilines is 1. The van der Waals surface area contributed by atoms with Gasteiger partial charge in [0.25, 0.3) is 0 Å². The lowest BCUT2D eigenvalue weighted by molar-refractivity contribution is 1.01. The number of benzene rings is 1. The van der Waals surface area contributed by atoms with Gasteiger partial charge in [-0.05, 0) is 24.1 Å². The van der Waals surface area contributed by atoms with Crippen molar-refractivity contribution in [3.8, 4) is 0 Å². The molecule has 16 heavy (non-hydrogen) atoms. The first-order valence-electron chi connectivity index (χ1n) is 5.25. The SMILES string of the molecule is Clc1cccc(NCCc2ccccc2)n1. The van der Waals surface area contributed by atoms with Gasteiger partial charge in [0.1, 0.15) is 11.0 Å². The minimum absolute atomic E-state index is 0.518. The fraction of sp³-hybridized carbons (Fsp3) is 0.154. The van der Waals surface area contributed by atoms with E-state index in [9.17, 15) is 0 Å². The molecule has 0 radical (unpaired) electrons. The summed E-state index contributed by atoms with van der Waals surface area (Å²) in [5, 5.41) is 3.76. The second-order valence-corrected chi connectivity index (χ2v) is 3.90. The molecule has 1 aromatic carbocycles. The van der Waals surface area contributed by atoms with Crippen LogP contribution in [0.5, 0.6) is 0 Å². The third-order valence-electron chi connectivity index (χ3n) is 2.28. The summed E-state index contributed by atoms with van der Waals surface area (Å²) in [7, 11) is 0. The molecule has 0 spiro atoms. The van der Waals surface area contributed by atoms with Crippen molar-refractivity contribution in [2.24, 2.45) is 0 Å². The van der Waals surface area contributed by atoms with Crippen LogP contribution in [-0.2, 0) is 6.42 Å². The first kappa shape index (κ1) is 11.0. The van der Waals surface area contributed by atoms with Crippen molar-refractivity contribution < 1.29 is 0 Å². The van der Waals surface area contributed by atoms with Crippen molar-refractivity contribution in [3.63, 3.8) is 0 Å². The quantitative estimate of drug-likeness (QED) is 0.818. The van der Waals surface area contributed by atoms with Crippen LogP contribution in [0.15, 0.2) is 48.5 Å². The second-order valence-electron chi connectivity index (χ2n) is 3.51. The van der Waals surface area contributed by atoms with Crippen molar-refractivity contribution in [1.82, 2.24) is 4.98 Å². The molecule has 2 rings (SSSR count). The molecule has 0 saturated heterocycles. The highest BCUT2D eigenvalue weighted by Gasteiger charge is 1.95. The first-order valence-corrected chi connectivity index (χ1v) is 5.63. The van der Waals surface area contributed by atoms with Crippen LogP contribution in [-0.4, -0.2) is 11.5 Å². The van der Waals surface area contributed by atoms with Gasteiger partial charge >= 0.3 is 0 Å². The van der Waals surface area contributed by atoms with Crippen LogP contribution >= 0.6 is 11.6 Å². The lowest BCUT2D eigenvalue weighted by atomic mass is 10.1. The van der Waals surface area contributed by atoms with Gasteiger partial charge in [-0.15, -0.1) is 0 Å². The van der Waals surface area contributed by atoms with E-state index in [0.717, 1.165) is 18.8 Å². The lowest BCUT2D eigenvalue weighted by Crippen LogP contribution is -2.05. The third kappa shape index (κ3) is 3.24. The summed E-state index contributed by atoms with van der Waals surface area (Å²) in [5.41, 5.74) is 1.32. The Hall–Kier alpha value is -1.54. The van der Waals surface area contributed by atoms with Crippen LogP contribution in [0.3, 0.4) is 0 Å². The lowest BCUT2D eigenvalue weighted by Gasteiger charge is -2.05. The summed E-state index contributed by atoms with van der Waals surface area (Å²) in [6.45, 7) is 0.858. The Labute approximate surface area is 100 Å². The molecule has 0 fully saturated rings. The largest absolute Gasteiger partial charge is 0.370 e. The zero-order valence-corrected chi connectivity index (χ0v) is 9.61. The van der Waals surface area contributed by atoms with Gasteiger partial charge in [0.15, 0.2) is 0 Å². The van der Waals surface area contributed by atoms with E-state index in [0.29, 0.717) is 5.15 Å². The number of nitrogens with zero attached hydrogens (tertiary/aromatic N) is 1. The Bertz CT molecular complexity index is 443. The number of hydrogen-bond acceptors (Lipinski definition) is 2. The first-order chi connectivity index (χ1) is 7.84. The highest BCUT2D eigenvalue weighted by Crippen LogP contribution is 2.09. The number of halogens is 1. The van der Waals surface area contributed by atoms with E-state index in [4.69, 9.17) is 11.6 Å². The predicted octanol–water partition coefficient (Wildman–Crippen LogP) is 3.39. The number of hydrogen-bond donors (Lipinski definition) is 1. The van der Waals surface area contributed by atoms with Gasteiger partial charge < -0.3 is 5.32 Å². The minimum Gasteiger partial charge on any atom is -0.370 e. The molecular weight excluding hydrogens is 220 g/mol. The summed E-state index contributed by atoms with van der Waals surface area (Å²) >= 11 is 5.79. The van der Waals surface area contributed by atoms with Crippen molar-refractivity contribution in [2.45, 2.75) is 6.42 Å². The van der Waals surface area contributed by atoms with Crippen molar-refractivity contribution >= 4 is 17.4 Å². The number of nitrogens with one attached hydrogen (secondary N) is 1. The van der Waals surface area contributed by atoms with Gasteiger partial charge in [0, 0.05) is 6.54 Å². The molecule has 82 valence electrons. The van der Waals surface area contributed by atoms with Crippen LogP contribution in [0.2, 0.25) is 5.15 Å². The molecule has 2 nitrogen and oxygen atoms in total. The van der Waals surface area contributed by atoms with E-state index in [1.807, 2.05) is 30.3 Å². The highest BCUT2D eigenvalue weighted by molar-refractivity contribution is 6.29. The monoisotopic (exact) mass is 232 g/mol. The Morgan fingerprint density at radius 1 is 1.00 bits per heavy atom. The molecule has 0 saturated carbocycles. The van der Waals surface area contributed by atoms with Crippen LogP contribution in [0, 0.1) is 0 Å². The Kier molecular flexibility index (Phi) is 3.78. The average Bonchev–Trinajstić information content (AvgIpc) is 2.30. The van der Waals surface area contributed by atoms with Crippen LogP contribution < -0.4 is 5.32 Å². The van der Waals surface area contributed by atoms with Gasteiger partial charge in [-0.3, -0.25) is 0 Å². The standard InChI is InChI=1S/C13H13ClN2/c14-12-7-4-8-13(16-12)15-10-9-11-5-2-1-3-6-11/h1-8H,9-10H2,(H,15,16). The molecule has 1 N–H and O–H groups in total. The highest BCUT2D eigenvalue weighted by atomic mass is 35.5. The molecule has 0 atom stereocenters. The fourth-order valence-corrected chi connectivity index (χ4v) is 1.65. The molecular formula is C13H13ClN2. The maximum Gasteiger partial charge on any atom is 0.131 e. The topological polar surface area (TPSA) is 24.9 Å². The van der Waals surface area contributed by atoms with Crippen LogP contribution in [0.25, 0.3) is 0 Å². The second kappa shape index (κ2) is 5.52. The maximum absolute atomic E-state index is 5.79. The fourth-order valence-electron chi connectivity index (χ4n) is 1.49. The van der Waals surface area contributed by atoms with Crippen LogP contribution in [0.4, 0.5) is 5.82 Å². The minimum atomic E-state index is 0.518. The van der Waals surface area contributed by atoms with Crippen molar-refractivity contribution in [1.29, 1.82) is 0 Å². The normalized spacial score (nSPS) is 10.1. The number of aromatic nitrogens is 1. The molecule has 0 aliphatic heterocycles. The zero-order valence-electron chi connectivity index (χ0n) is 8.86. The zero-order chi connectivity index (χ0) is 11.2.